The van der Waals surface area contributed by atoms with Crippen LogP contribution in [-0.4, -0.2) is 91.8 Å². The first-order valence-corrected chi connectivity index (χ1v) is 12.0. The molecule has 8 heteroatoms. The second kappa shape index (κ2) is 10.6. The maximum Gasteiger partial charge on any atom is 0.332 e. The number of aromatic nitrogens is 1. The van der Waals surface area contributed by atoms with Crippen LogP contribution in [0.3, 0.4) is 0 Å². The van der Waals surface area contributed by atoms with E-state index in [0.29, 0.717) is 18.6 Å². The lowest BCUT2D eigenvalue weighted by Gasteiger charge is -2.40. The topological polar surface area (TPSA) is 75.2 Å². The van der Waals surface area contributed by atoms with E-state index in [1.165, 1.54) is 12.1 Å². The number of likely N-dealkylation sites (tertiary alicyclic amines) is 2. The lowest BCUT2D eigenvalue weighted by atomic mass is 9.77. The number of carbonyl (C=O) groups excluding carboxylic acids is 2. The third-order valence-corrected chi connectivity index (χ3v) is 7.28. The maximum atomic E-state index is 12.9. The van der Waals surface area contributed by atoms with Gasteiger partial charge in [-0.3, -0.25) is 14.7 Å². The van der Waals surface area contributed by atoms with Crippen LogP contribution >= 0.6 is 0 Å². The number of esters is 1. The molecule has 176 valence electrons. The van der Waals surface area contributed by atoms with E-state index in [4.69, 9.17) is 9.47 Å². The van der Waals surface area contributed by atoms with Gasteiger partial charge in [0.05, 0.1) is 19.3 Å². The predicted octanol–water partition coefficient (Wildman–Crippen LogP) is 1.94. The summed E-state index contributed by atoms with van der Waals surface area (Å²) in [6, 6.07) is 4.17. The van der Waals surface area contributed by atoms with E-state index in [-0.39, 0.29) is 24.6 Å². The highest BCUT2D eigenvalue weighted by Crippen LogP contribution is 2.41. The highest BCUT2D eigenvalue weighted by Gasteiger charge is 2.41. The average molecular weight is 445 g/mol. The third kappa shape index (κ3) is 5.78. The number of pyridine rings is 1. The normalized spacial score (nSPS) is 21.8. The Morgan fingerprint density at radius 2 is 1.75 bits per heavy atom. The van der Waals surface area contributed by atoms with Crippen molar-refractivity contribution in [1.29, 1.82) is 0 Å². The molecule has 0 unspecified atom stereocenters. The summed E-state index contributed by atoms with van der Waals surface area (Å²) in [5.41, 5.74) is 1.60. The molecule has 3 fully saturated rings. The lowest BCUT2D eigenvalue weighted by molar-refractivity contribution is -0.151. The van der Waals surface area contributed by atoms with E-state index in [0.717, 1.165) is 65.0 Å². The summed E-state index contributed by atoms with van der Waals surface area (Å²) in [5, 5.41) is 0. The fourth-order valence-electron chi connectivity index (χ4n) is 5.26. The van der Waals surface area contributed by atoms with Crippen LogP contribution in [0.5, 0.6) is 0 Å². The van der Waals surface area contributed by atoms with Gasteiger partial charge in [0.15, 0.2) is 0 Å². The molecule has 0 saturated carbocycles. The molecule has 0 N–H and O–H groups in total. The molecule has 4 heterocycles. The minimum atomic E-state index is -0.306. The van der Waals surface area contributed by atoms with Gasteiger partial charge in [0, 0.05) is 57.3 Å². The first-order valence-electron chi connectivity index (χ1n) is 12.0. The van der Waals surface area contributed by atoms with Crippen molar-refractivity contribution in [3.63, 3.8) is 0 Å². The number of nitrogens with zero attached hydrogens (tertiary/aromatic N) is 4. The van der Waals surface area contributed by atoms with Gasteiger partial charge in [0.1, 0.15) is 6.61 Å². The minimum Gasteiger partial charge on any atom is -0.464 e. The van der Waals surface area contributed by atoms with Crippen molar-refractivity contribution in [2.75, 3.05) is 63.9 Å². The Balaban J connectivity index is 1.16. The largest absolute Gasteiger partial charge is 0.464 e. The number of carbonyl (C=O) groups is 2. The van der Waals surface area contributed by atoms with Gasteiger partial charge < -0.3 is 19.3 Å². The Bertz CT molecular complexity index is 759. The van der Waals surface area contributed by atoms with Gasteiger partial charge in [-0.05, 0) is 56.6 Å². The molecule has 1 amide bonds. The zero-order chi connectivity index (χ0) is 22.4. The summed E-state index contributed by atoms with van der Waals surface area (Å²) < 4.78 is 10.6. The molecule has 3 aliphatic heterocycles. The summed E-state index contributed by atoms with van der Waals surface area (Å²) in [6.45, 7) is 8.24. The molecule has 0 aromatic carbocycles. The molecule has 8 nitrogen and oxygen atoms in total. The summed E-state index contributed by atoms with van der Waals surface area (Å²) in [7, 11) is 0. The summed E-state index contributed by atoms with van der Waals surface area (Å²) in [4.78, 5) is 35.2. The van der Waals surface area contributed by atoms with Gasteiger partial charge in [-0.25, -0.2) is 4.79 Å². The molecule has 0 radical (unpaired) electrons. The number of ether oxygens (including phenoxy) is 2. The molecule has 1 aromatic rings. The van der Waals surface area contributed by atoms with Crippen LogP contribution in [0.1, 0.15) is 39.0 Å². The standard InChI is InChI=1S/C24H36N4O4/c1-2-31-23(30)18-32-21-5-12-26(13-6-21)17-22(29)27-14-7-24(8-15-27)9-16-28(19-24)20-3-10-25-11-4-20/h3-4,10-11,21H,2,5-9,12-19H2,1H3. The Labute approximate surface area is 190 Å². The smallest absolute Gasteiger partial charge is 0.332 e. The number of hydrogen-bond donors (Lipinski definition) is 0. The van der Waals surface area contributed by atoms with E-state index >= 15 is 0 Å². The summed E-state index contributed by atoms with van der Waals surface area (Å²) in [6.07, 6.45) is 8.87. The number of piperidine rings is 2. The van der Waals surface area contributed by atoms with Crippen molar-refractivity contribution in [3.05, 3.63) is 24.5 Å². The van der Waals surface area contributed by atoms with Crippen LogP contribution in [0.2, 0.25) is 0 Å². The van der Waals surface area contributed by atoms with Gasteiger partial charge in [-0.15, -0.1) is 0 Å². The Hall–Kier alpha value is -2.19. The van der Waals surface area contributed by atoms with Gasteiger partial charge in [0.2, 0.25) is 5.91 Å². The van der Waals surface area contributed by atoms with Gasteiger partial charge in [-0.2, -0.15) is 0 Å². The quantitative estimate of drug-likeness (QED) is 0.595. The SMILES string of the molecule is CCOC(=O)COC1CCN(CC(=O)N2CCC3(CC2)CCN(c2ccncc2)C3)CC1. The van der Waals surface area contributed by atoms with Crippen LogP contribution in [-0.2, 0) is 19.1 Å². The molecule has 3 saturated heterocycles. The molecular formula is C24H36N4O4. The summed E-state index contributed by atoms with van der Waals surface area (Å²) >= 11 is 0. The average Bonchev–Trinajstić information content (AvgIpc) is 3.23. The molecule has 0 aliphatic carbocycles. The molecule has 1 spiro atoms. The lowest BCUT2D eigenvalue weighted by Crippen LogP contribution is -2.49. The third-order valence-electron chi connectivity index (χ3n) is 7.28. The first-order chi connectivity index (χ1) is 15.6. The van der Waals surface area contributed by atoms with Gasteiger partial charge in [0.25, 0.3) is 0 Å². The molecule has 0 bridgehead atoms. The van der Waals surface area contributed by atoms with Crippen LogP contribution in [0.15, 0.2) is 24.5 Å². The molecule has 3 aliphatic rings. The highest BCUT2D eigenvalue weighted by molar-refractivity contribution is 5.78. The fourth-order valence-corrected chi connectivity index (χ4v) is 5.26. The second-order valence-electron chi connectivity index (χ2n) is 9.35. The fraction of sp³-hybridized carbons (Fsp3) is 0.708. The van der Waals surface area contributed by atoms with Crippen molar-refractivity contribution in [3.8, 4) is 0 Å². The summed E-state index contributed by atoms with van der Waals surface area (Å²) in [5.74, 6) is -0.0612. The second-order valence-corrected chi connectivity index (χ2v) is 9.35. The maximum absolute atomic E-state index is 12.9. The molecular weight excluding hydrogens is 408 g/mol. The van der Waals surface area contributed by atoms with Crippen molar-refractivity contribution in [1.82, 2.24) is 14.8 Å². The van der Waals surface area contributed by atoms with Crippen LogP contribution in [0.25, 0.3) is 0 Å². The monoisotopic (exact) mass is 444 g/mol. The van der Waals surface area contributed by atoms with E-state index in [9.17, 15) is 9.59 Å². The van der Waals surface area contributed by atoms with Crippen LogP contribution in [0.4, 0.5) is 5.69 Å². The van der Waals surface area contributed by atoms with E-state index in [2.05, 4.69) is 31.8 Å². The zero-order valence-corrected chi connectivity index (χ0v) is 19.2. The van der Waals surface area contributed by atoms with E-state index in [1.54, 1.807) is 6.92 Å². The Kier molecular flexibility index (Phi) is 7.63. The number of rotatable bonds is 7. The van der Waals surface area contributed by atoms with Gasteiger partial charge in [-0.1, -0.05) is 0 Å². The number of hydrogen-bond acceptors (Lipinski definition) is 7. The first kappa shape index (κ1) is 23.0. The van der Waals surface area contributed by atoms with Crippen molar-refractivity contribution in [2.24, 2.45) is 5.41 Å². The Morgan fingerprint density at radius 3 is 2.44 bits per heavy atom. The number of amides is 1. The van der Waals surface area contributed by atoms with Gasteiger partial charge >= 0.3 is 5.97 Å². The molecule has 1 aromatic heterocycles. The molecule has 0 atom stereocenters. The molecule has 4 rings (SSSR count). The highest BCUT2D eigenvalue weighted by atomic mass is 16.6. The number of anilines is 1. The van der Waals surface area contributed by atoms with Crippen LogP contribution < -0.4 is 4.90 Å². The van der Waals surface area contributed by atoms with Crippen molar-refractivity contribution >= 4 is 17.6 Å². The predicted molar refractivity (Wildman–Crippen MR) is 121 cm³/mol. The van der Waals surface area contributed by atoms with Crippen molar-refractivity contribution < 1.29 is 19.1 Å². The van der Waals surface area contributed by atoms with Crippen molar-refractivity contribution in [2.45, 2.75) is 45.1 Å². The van der Waals surface area contributed by atoms with E-state index in [1.807, 2.05) is 12.4 Å². The Morgan fingerprint density at radius 1 is 1.06 bits per heavy atom. The zero-order valence-electron chi connectivity index (χ0n) is 19.2. The van der Waals surface area contributed by atoms with Crippen LogP contribution in [0, 0.1) is 5.41 Å². The molecule has 32 heavy (non-hydrogen) atoms. The van der Waals surface area contributed by atoms with E-state index < -0.39 is 0 Å². The minimum absolute atomic E-state index is 0.0194.